The molecule has 2 heterocycles. The Morgan fingerprint density at radius 2 is 2.08 bits per heavy atom. The Hall–Kier alpha value is -1.41. The van der Waals surface area contributed by atoms with Crippen LogP contribution in [-0.2, 0) is 11.2 Å². The van der Waals surface area contributed by atoms with E-state index in [9.17, 15) is 0 Å². The number of guanidine groups is 1. The van der Waals surface area contributed by atoms with E-state index in [1.54, 1.807) is 0 Å². The van der Waals surface area contributed by atoms with Crippen molar-refractivity contribution < 1.29 is 4.74 Å². The van der Waals surface area contributed by atoms with Gasteiger partial charge in [0.05, 0.1) is 6.10 Å². The number of aromatic nitrogens is 2. The molecule has 1 saturated heterocycles. The Morgan fingerprint density at radius 1 is 1.33 bits per heavy atom. The lowest BCUT2D eigenvalue weighted by Crippen LogP contribution is -2.52. The molecule has 1 aromatic heterocycles. The number of hydrogen-bond donors (Lipinski definition) is 1. The van der Waals surface area contributed by atoms with Gasteiger partial charge in [-0.1, -0.05) is 6.92 Å². The topological polar surface area (TPSA) is 65.9 Å². The van der Waals surface area contributed by atoms with Crippen molar-refractivity contribution in [2.24, 2.45) is 4.99 Å². The van der Waals surface area contributed by atoms with Crippen LogP contribution in [0.4, 0.5) is 5.13 Å². The van der Waals surface area contributed by atoms with Gasteiger partial charge in [0.1, 0.15) is 5.82 Å². The van der Waals surface area contributed by atoms with E-state index in [-0.39, 0.29) is 0 Å². The van der Waals surface area contributed by atoms with Crippen molar-refractivity contribution in [1.29, 1.82) is 0 Å². The van der Waals surface area contributed by atoms with Crippen LogP contribution in [0.25, 0.3) is 0 Å². The van der Waals surface area contributed by atoms with E-state index in [1.165, 1.54) is 11.5 Å². The van der Waals surface area contributed by atoms with Gasteiger partial charge in [-0.05, 0) is 20.3 Å². The summed E-state index contributed by atoms with van der Waals surface area (Å²) in [4.78, 5) is 13.6. The first kappa shape index (κ1) is 18.9. The molecule has 1 N–H and O–H groups in total. The van der Waals surface area contributed by atoms with Crippen LogP contribution in [0.3, 0.4) is 0 Å². The van der Waals surface area contributed by atoms with Crippen LogP contribution in [0.2, 0.25) is 0 Å². The molecule has 1 aliphatic rings. The van der Waals surface area contributed by atoms with Crippen molar-refractivity contribution in [3.63, 3.8) is 0 Å². The monoisotopic (exact) mass is 354 g/mol. The lowest BCUT2D eigenvalue weighted by atomic mass is 10.3. The standard InChI is InChI=1S/C16H30N6OS/c1-5-14-19-16(24-20-14)22-10-8-21(9-11-22)15(17-4)18-7-6-12-23-13(2)3/h13H,5-12H2,1-4H3,(H,17,18). The Morgan fingerprint density at radius 3 is 2.67 bits per heavy atom. The summed E-state index contributed by atoms with van der Waals surface area (Å²) in [5, 5.41) is 4.47. The SMILES string of the molecule is CCc1nsc(N2CCN(C(=NC)NCCCOC(C)C)CC2)n1. The molecule has 0 saturated carbocycles. The molecule has 7 nitrogen and oxygen atoms in total. The minimum absolute atomic E-state index is 0.297. The maximum atomic E-state index is 5.57. The molecule has 8 heteroatoms. The number of piperazine rings is 1. The van der Waals surface area contributed by atoms with Crippen LogP contribution >= 0.6 is 11.5 Å². The van der Waals surface area contributed by atoms with Gasteiger partial charge in [0.2, 0.25) is 5.13 Å². The van der Waals surface area contributed by atoms with E-state index in [1.807, 2.05) is 7.05 Å². The molecule has 0 radical (unpaired) electrons. The summed E-state index contributed by atoms with van der Waals surface area (Å²) < 4.78 is 9.94. The summed E-state index contributed by atoms with van der Waals surface area (Å²) in [6.07, 6.45) is 2.18. The highest BCUT2D eigenvalue weighted by Gasteiger charge is 2.21. The van der Waals surface area contributed by atoms with E-state index >= 15 is 0 Å². The van der Waals surface area contributed by atoms with E-state index in [0.29, 0.717) is 6.10 Å². The molecular formula is C16H30N6OS. The van der Waals surface area contributed by atoms with Crippen LogP contribution in [0, 0.1) is 0 Å². The minimum atomic E-state index is 0.297. The van der Waals surface area contributed by atoms with Crippen molar-refractivity contribution in [3.8, 4) is 0 Å². The highest BCUT2D eigenvalue weighted by atomic mass is 32.1. The molecule has 0 amide bonds. The second kappa shape index (κ2) is 9.78. The summed E-state index contributed by atoms with van der Waals surface area (Å²) >= 11 is 1.50. The first-order chi connectivity index (χ1) is 11.6. The third kappa shape index (κ3) is 5.59. The zero-order chi connectivity index (χ0) is 17.4. The van der Waals surface area contributed by atoms with Crippen molar-refractivity contribution in [3.05, 3.63) is 5.82 Å². The molecule has 136 valence electrons. The van der Waals surface area contributed by atoms with Gasteiger partial charge in [0.25, 0.3) is 0 Å². The smallest absolute Gasteiger partial charge is 0.205 e. The Kier molecular flexibility index (Phi) is 7.71. The Balaban J connectivity index is 1.73. The molecule has 1 aromatic rings. The number of aryl methyl sites for hydroxylation is 1. The third-order valence-electron chi connectivity index (χ3n) is 3.89. The molecular weight excluding hydrogens is 324 g/mol. The van der Waals surface area contributed by atoms with Gasteiger partial charge in [0.15, 0.2) is 5.96 Å². The van der Waals surface area contributed by atoms with Gasteiger partial charge in [-0.25, -0.2) is 4.98 Å². The number of ether oxygens (including phenoxy) is 1. The molecule has 0 bridgehead atoms. The molecule has 24 heavy (non-hydrogen) atoms. The van der Waals surface area contributed by atoms with E-state index in [0.717, 1.165) is 69.1 Å². The van der Waals surface area contributed by atoms with Crippen LogP contribution in [0.15, 0.2) is 4.99 Å². The number of aliphatic imine (C=N–C) groups is 1. The van der Waals surface area contributed by atoms with E-state index < -0.39 is 0 Å². The first-order valence-electron chi connectivity index (χ1n) is 8.78. The van der Waals surface area contributed by atoms with Gasteiger partial charge in [-0.2, -0.15) is 4.37 Å². The van der Waals surface area contributed by atoms with Crippen LogP contribution in [0.5, 0.6) is 0 Å². The maximum absolute atomic E-state index is 5.57. The molecule has 0 aromatic carbocycles. The van der Waals surface area contributed by atoms with Gasteiger partial charge >= 0.3 is 0 Å². The number of rotatable bonds is 7. The highest BCUT2D eigenvalue weighted by Crippen LogP contribution is 2.19. The van der Waals surface area contributed by atoms with Crippen molar-refractivity contribution in [1.82, 2.24) is 19.6 Å². The van der Waals surface area contributed by atoms with Crippen molar-refractivity contribution in [2.75, 3.05) is 51.3 Å². The third-order valence-corrected chi connectivity index (χ3v) is 4.71. The fourth-order valence-corrected chi connectivity index (χ4v) is 3.35. The molecule has 0 spiro atoms. The predicted molar refractivity (Wildman–Crippen MR) is 100 cm³/mol. The quantitative estimate of drug-likeness (QED) is 0.456. The fourth-order valence-electron chi connectivity index (χ4n) is 2.55. The average molecular weight is 355 g/mol. The number of anilines is 1. The largest absolute Gasteiger partial charge is 0.379 e. The van der Waals surface area contributed by atoms with Crippen LogP contribution in [-0.4, -0.2) is 72.7 Å². The van der Waals surface area contributed by atoms with Gasteiger partial charge < -0.3 is 19.9 Å². The molecule has 0 aliphatic carbocycles. The van der Waals surface area contributed by atoms with E-state index in [4.69, 9.17) is 4.74 Å². The highest BCUT2D eigenvalue weighted by molar-refractivity contribution is 7.09. The van der Waals surface area contributed by atoms with Crippen LogP contribution < -0.4 is 10.2 Å². The second-order valence-electron chi connectivity index (χ2n) is 6.07. The molecule has 0 atom stereocenters. The molecule has 1 fully saturated rings. The summed E-state index contributed by atoms with van der Waals surface area (Å²) in [5.74, 6) is 1.92. The zero-order valence-corrected chi connectivity index (χ0v) is 16.1. The summed E-state index contributed by atoms with van der Waals surface area (Å²) in [7, 11) is 1.84. The fraction of sp³-hybridized carbons (Fsp3) is 0.812. The minimum Gasteiger partial charge on any atom is -0.379 e. The summed E-state index contributed by atoms with van der Waals surface area (Å²) in [6, 6.07) is 0. The van der Waals surface area contributed by atoms with Gasteiger partial charge in [-0.3, -0.25) is 4.99 Å². The number of nitrogens with one attached hydrogen (secondary N) is 1. The Labute approximate surface area is 149 Å². The van der Waals surface area contributed by atoms with Crippen LogP contribution in [0.1, 0.15) is 33.0 Å². The van der Waals surface area contributed by atoms with Gasteiger partial charge in [-0.15, -0.1) is 0 Å². The lowest BCUT2D eigenvalue weighted by Gasteiger charge is -2.36. The second-order valence-corrected chi connectivity index (χ2v) is 6.80. The summed E-state index contributed by atoms with van der Waals surface area (Å²) in [5.41, 5.74) is 0. The molecule has 1 aliphatic heterocycles. The number of nitrogens with zero attached hydrogens (tertiary/aromatic N) is 5. The molecule has 2 rings (SSSR count). The maximum Gasteiger partial charge on any atom is 0.205 e. The predicted octanol–water partition coefficient (Wildman–Crippen LogP) is 1.61. The van der Waals surface area contributed by atoms with Crippen molar-refractivity contribution in [2.45, 2.75) is 39.7 Å². The Bertz CT molecular complexity index is 510. The first-order valence-corrected chi connectivity index (χ1v) is 9.56. The lowest BCUT2D eigenvalue weighted by molar-refractivity contribution is 0.0775. The van der Waals surface area contributed by atoms with Crippen molar-refractivity contribution >= 4 is 22.6 Å². The average Bonchev–Trinajstić information content (AvgIpc) is 3.07. The zero-order valence-electron chi connectivity index (χ0n) is 15.3. The van der Waals surface area contributed by atoms with Gasteiger partial charge in [0, 0.05) is 64.3 Å². The number of hydrogen-bond acceptors (Lipinski definition) is 6. The molecule has 0 unspecified atom stereocenters. The summed E-state index contributed by atoms with van der Waals surface area (Å²) in [6.45, 7) is 11.7. The van der Waals surface area contributed by atoms with E-state index in [2.05, 4.69) is 50.2 Å². The normalized spacial score (nSPS) is 16.1.